The van der Waals surface area contributed by atoms with Crippen LogP contribution in [0.5, 0.6) is 0 Å². The normalized spacial score (nSPS) is 17.6. The first-order chi connectivity index (χ1) is 16.2. The fourth-order valence-electron chi connectivity index (χ4n) is 4.84. The smallest absolute Gasteiger partial charge is 0.349 e. The van der Waals surface area contributed by atoms with Gasteiger partial charge in [0.1, 0.15) is 11.6 Å². The molecule has 0 heterocycles. The van der Waals surface area contributed by atoms with Crippen molar-refractivity contribution in [3.63, 3.8) is 0 Å². The molecule has 40 heavy (non-hydrogen) atoms. The van der Waals surface area contributed by atoms with Crippen molar-refractivity contribution < 1.29 is 21.9 Å². The molecule has 238 valence electrons. The van der Waals surface area contributed by atoms with Crippen molar-refractivity contribution in [3.8, 4) is 6.07 Å². The number of nitriles is 1. The van der Waals surface area contributed by atoms with Gasteiger partial charge in [-0.2, -0.15) is 5.26 Å². The first-order valence-electron chi connectivity index (χ1n) is 13.1. The predicted molar refractivity (Wildman–Crippen MR) is 184 cm³/mol. The Morgan fingerprint density at radius 3 is 1.90 bits per heavy atom. The molecule has 0 saturated heterocycles. The van der Waals surface area contributed by atoms with Crippen LogP contribution in [0.25, 0.3) is 0 Å². The summed E-state index contributed by atoms with van der Waals surface area (Å²) in [6.07, 6.45) is 4.40. The lowest BCUT2D eigenvalue weighted by Gasteiger charge is -2.41. The molecule has 0 saturated carbocycles. The minimum atomic E-state index is -2.45. The van der Waals surface area contributed by atoms with Gasteiger partial charge in [-0.1, -0.05) is 43.6 Å². The van der Waals surface area contributed by atoms with Gasteiger partial charge in [0, 0.05) is 12.2 Å². The van der Waals surface area contributed by atoms with Crippen LogP contribution in [0.4, 0.5) is 0 Å². The molecule has 0 fully saturated rings. The molecule has 0 spiro atoms. The zero-order valence-corrected chi connectivity index (χ0v) is 28.8. The first kappa shape index (κ1) is 46.0. The number of rotatable bonds is 13. The summed E-state index contributed by atoms with van der Waals surface area (Å²) < 4.78 is 25.1. The van der Waals surface area contributed by atoms with Gasteiger partial charge in [0.05, 0.1) is 6.61 Å². The maximum Gasteiger partial charge on any atom is 0.349 e. The Hall–Kier alpha value is -1.01. The van der Waals surface area contributed by atoms with E-state index in [4.69, 9.17) is 17.1 Å². The highest BCUT2D eigenvalue weighted by molar-refractivity contribution is 6.89. The second-order valence-corrected chi connectivity index (χ2v) is 29.5. The Bertz CT molecular complexity index is 884. The number of hydrogen-bond donors (Lipinski definition) is 1. The van der Waals surface area contributed by atoms with Crippen LogP contribution in [0, 0.1) is 16.7 Å². The molecule has 1 atom stereocenters. The van der Waals surface area contributed by atoms with Gasteiger partial charge < -0.3 is 22.4 Å². The van der Waals surface area contributed by atoms with Crippen molar-refractivity contribution in [2.24, 2.45) is 5.41 Å². The second-order valence-electron chi connectivity index (χ2n) is 13.0. The molecular formula is C29H66N2O5Si4. The van der Waals surface area contributed by atoms with Crippen LogP contribution in [-0.4, -0.2) is 52.9 Å². The van der Waals surface area contributed by atoms with E-state index in [-0.39, 0.29) is 47.3 Å². The van der Waals surface area contributed by atoms with Gasteiger partial charge >= 0.3 is 23.1 Å². The van der Waals surface area contributed by atoms with E-state index in [0.29, 0.717) is 6.42 Å². The second kappa shape index (κ2) is 17.8. The number of esters is 1. The number of nitrogens with one attached hydrogen (secondary N) is 1. The van der Waals surface area contributed by atoms with E-state index in [1.54, 1.807) is 6.92 Å². The molecule has 0 bridgehead atoms. The SMILES string of the molecule is C.C.C.C.CCOC(=O)/C(C#N)=C1\C=C(NCCC[Si](C)(O[Si](C)(C)C)O[Si](C)(C)O[Si](C)(C)C)CC(C)(C)C1. The zero-order chi connectivity index (χ0) is 28.0. The average molecular weight is 635 g/mol. The van der Waals surface area contributed by atoms with Gasteiger partial charge in [0.25, 0.3) is 0 Å². The topological polar surface area (TPSA) is 89.8 Å². The molecule has 0 aromatic rings. The Balaban J connectivity index is -0.00000162. The van der Waals surface area contributed by atoms with E-state index < -0.39 is 39.7 Å². The first-order valence-corrected chi connectivity index (χ1v) is 25.2. The Kier molecular flexibility index (Phi) is 20.5. The zero-order valence-electron chi connectivity index (χ0n) is 24.8. The molecule has 1 unspecified atom stereocenters. The summed E-state index contributed by atoms with van der Waals surface area (Å²) in [6, 6.07) is 2.94. The lowest BCUT2D eigenvalue weighted by Crippen LogP contribution is -2.56. The maximum atomic E-state index is 12.3. The molecule has 1 aliphatic rings. The number of allylic oxidation sites excluding steroid dienone is 3. The van der Waals surface area contributed by atoms with Crippen molar-refractivity contribution in [2.45, 2.75) is 135 Å². The molecule has 0 amide bonds. The summed E-state index contributed by atoms with van der Waals surface area (Å²) in [5.41, 5.74) is 1.84. The molecule has 1 N–H and O–H groups in total. The van der Waals surface area contributed by atoms with Gasteiger partial charge in [-0.15, -0.1) is 0 Å². The van der Waals surface area contributed by atoms with E-state index in [1.807, 2.05) is 6.08 Å². The van der Waals surface area contributed by atoms with Crippen molar-refractivity contribution in [1.82, 2.24) is 5.32 Å². The summed E-state index contributed by atoms with van der Waals surface area (Å²) in [6.45, 7) is 26.8. The summed E-state index contributed by atoms with van der Waals surface area (Å²) in [7, 11) is -8.30. The molecule has 0 aliphatic heterocycles. The maximum absolute atomic E-state index is 12.3. The van der Waals surface area contributed by atoms with Crippen LogP contribution in [0.2, 0.25) is 65.0 Å². The van der Waals surface area contributed by atoms with E-state index in [9.17, 15) is 10.1 Å². The lowest BCUT2D eigenvalue weighted by molar-refractivity contribution is -0.138. The van der Waals surface area contributed by atoms with Crippen LogP contribution in [0.15, 0.2) is 22.9 Å². The van der Waals surface area contributed by atoms with Crippen molar-refractivity contribution >= 4 is 39.7 Å². The number of carbonyl (C=O) groups is 1. The minimum Gasteiger partial charge on any atom is -0.462 e. The third kappa shape index (κ3) is 17.7. The van der Waals surface area contributed by atoms with Gasteiger partial charge in [0.15, 0.2) is 16.6 Å². The number of hydrogen-bond acceptors (Lipinski definition) is 7. The Morgan fingerprint density at radius 2 is 1.45 bits per heavy atom. The summed E-state index contributed by atoms with van der Waals surface area (Å²) in [5.74, 6) is -0.543. The Morgan fingerprint density at radius 1 is 0.925 bits per heavy atom. The molecular weight excluding hydrogens is 569 g/mol. The highest BCUT2D eigenvalue weighted by Crippen LogP contribution is 2.38. The van der Waals surface area contributed by atoms with Gasteiger partial charge in [-0.25, -0.2) is 4.79 Å². The predicted octanol–water partition coefficient (Wildman–Crippen LogP) is 9.09. The molecule has 7 nitrogen and oxygen atoms in total. The van der Waals surface area contributed by atoms with Crippen LogP contribution in [0.3, 0.4) is 0 Å². The summed E-state index contributed by atoms with van der Waals surface area (Å²) in [5, 5.41) is 13.2. The number of ether oxygens (including phenoxy) is 1. The molecule has 1 rings (SSSR count). The van der Waals surface area contributed by atoms with Crippen LogP contribution >= 0.6 is 0 Å². The van der Waals surface area contributed by atoms with Gasteiger partial charge in [-0.3, -0.25) is 0 Å². The minimum absolute atomic E-state index is 0. The lowest BCUT2D eigenvalue weighted by atomic mass is 9.76. The van der Waals surface area contributed by atoms with Gasteiger partial charge in [-0.05, 0) is 108 Å². The molecule has 11 heteroatoms. The standard InChI is InChI=1S/C25H50N2O5Si4.4CH4/c1-13-29-24(28)23(20-26)21-17-22(19-25(2,3)18-21)27-15-14-16-36(12,31-34(7,8)9)32-35(10,11)30-33(4,5)6;;;;/h17,27H,13-16,18-19H2,1-12H3;4*1H4/b23-21+;;;;. The average Bonchev–Trinajstić information content (AvgIpc) is 2.60. The third-order valence-corrected chi connectivity index (χ3v) is 18.8. The van der Waals surface area contributed by atoms with Crippen molar-refractivity contribution in [3.05, 3.63) is 22.9 Å². The monoisotopic (exact) mass is 634 g/mol. The largest absolute Gasteiger partial charge is 0.462 e. The number of nitrogens with zero attached hydrogens (tertiary/aromatic N) is 1. The van der Waals surface area contributed by atoms with Crippen LogP contribution < -0.4 is 5.32 Å². The van der Waals surface area contributed by atoms with Crippen molar-refractivity contribution in [1.29, 1.82) is 5.26 Å². The highest BCUT2D eigenvalue weighted by Gasteiger charge is 2.44. The van der Waals surface area contributed by atoms with E-state index in [0.717, 1.165) is 36.7 Å². The molecule has 1 aliphatic carbocycles. The molecule has 0 radical (unpaired) electrons. The fourth-order valence-corrected chi connectivity index (χ4v) is 22.8. The summed E-state index contributed by atoms with van der Waals surface area (Å²) in [4.78, 5) is 12.3. The molecule has 0 aromatic carbocycles. The number of carbonyl (C=O) groups excluding carboxylic acids is 1. The van der Waals surface area contributed by atoms with E-state index in [2.05, 4.69) is 84.2 Å². The molecule has 0 aromatic heterocycles. The van der Waals surface area contributed by atoms with Crippen LogP contribution in [-0.2, 0) is 21.9 Å². The van der Waals surface area contributed by atoms with Gasteiger partial charge in [0.2, 0.25) is 0 Å². The fraction of sp³-hybridized carbons (Fsp3) is 0.793. The van der Waals surface area contributed by atoms with Crippen LogP contribution in [0.1, 0.15) is 69.7 Å². The highest BCUT2D eigenvalue weighted by atomic mass is 28.5. The van der Waals surface area contributed by atoms with E-state index >= 15 is 0 Å². The summed E-state index contributed by atoms with van der Waals surface area (Å²) >= 11 is 0. The van der Waals surface area contributed by atoms with Crippen molar-refractivity contribution in [2.75, 3.05) is 13.2 Å². The Labute approximate surface area is 253 Å². The quantitative estimate of drug-likeness (QED) is 0.0710. The van der Waals surface area contributed by atoms with E-state index in [1.165, 1.54) is 0 Å². The third-order valence-electron chi connectivity index (χ3n) is 5.29.